The molecule has 162 valence electrons. The van der Waals surface area contributed by atoms with E-state index in [9.17, 15) is 16.8 Å². The maximum Gasteiger partial charge on any atom is 0.264 e. The normalized spacial score (nSPS) is 13.5. The number of hydrogen-bond acceptors (Lipinski definition) is 6. The minimum atomic E-state index is -3.98. The molecule has 3 aromatic rings. The number of nitrogens with zero attached hydrogens (tertiary/aromatic N) is 1. The van der Waals surface area contributed by atoms with Gasteiger partial charge in [-0.3, -0.25) is 9.03 Å². The molecule has 0 amide bonds. The van der Waals surface area contributed by atoms with Crippen molar-refractivity contribution in [2.24, 2.45) is 0 Å². The molecule has 0 spiro atoms. The quantitative estimate of drug-likeness (QED) is 0.607. The van der Waals surface area contributed by atoms with Gasteiger partial charge in [0.15, 0.2) is 11.5 Å². The molecule has 8 nitrogen and oxygen atoms in total. The van der Waals surface area contributed by atoms with E-state index >= 15 is 0 Å². The van der Waals surface area contributed by atoms with Crippen molar-refractivity contribution in [2.75, 3.05) is 29.3 Å². The minimum absolute atomic E-state index is 0.0218. The molecule has 0 atom stereocenters. The van der Waals surface area contributed by atoms with Crippen LogP contribution in [0.3, 0.4) is 0 Å². The Labute approximate surface area is 181 Å². The first-order valence-corrected chi connectivity index (χ1v) is 12.3. The molecular formula is C21H20N2O6S2. The van der Waals surface area contributed by atoms with E-state index in [1.165, 1.54) is 49.5 Å². The first-order valence-electron chi connectivity index (χ1n) is 9.34. The van der Waals surface area contributed by atoms with Gasteiger partial charge in [0.05, 0.1) is 21.2 Å². The number of anilines is 2. The van der Waals surface area contributed by atoms with Crippen molar-refractivity contribution < 1.29 is 26.3 Å². The van der Waals surface area contributed by atoms with Gasteiger partial charge in [0.1, 0.15) is 13.2 Å². The molecule has 0 saturated carbocycles. The topological polar surface area (TPSA) is 102 Å². The first kappa shape index (κ1) is 21.0. The van der Waals surface area contributed by atoms with Crippen LogP contribution in [0.2, 0.25) is 0 Å². The van der Waals surface area contributed by atoms with Gasteiger partial charge in [0.2, 0.25) is 0 Å². The Morgan fingerprint density at radius 1 is 0.774 bits per heavy atom. The number of para-hydroxylation sites is 1. The average molecular weight is 461 g/mol. The summed E-state index contributed by atoms with van der Waals surface area (Å²) < 4.78 is 66.1. The number of sulfonamides is 2. The van der Waals surface area contributed by atoms with Crippen molar-refractivity contribution in [1.29, 1.82) is 0 Å². The van der Waals surface area contributed by atoms with E-state index in [-0.39, 0.29) is 15.5 Å². The highest BCUT2D eigenvalue weighted by atomic mass is 32.2. The van der Waals surface area contributed by atoms with Crippen molar-refractivity contribution in [3.63, 3.8) is 0 Å². The Hall–Kier alpha value is -3.24. The van der Waals surface area contributed by atoms with Crippen LogP contribution < -0.4 is 18.5 Å². The zero-order valence-electron chi connectivity index (χ0n) is 16.6. The molecule has 0 saturated heterocycles. The lowest BCUT2D eigenvalue weighted by atomic mass is 10.3. The smallest absolute Gasteiger partial charge is 0.264 e. The van der Waals surface area contributed by atoms with Crippen LogP contribution in [0.15, 0.2) is 82.6 Å². The molecule has 0 unspecified atom stereocenters. The first-order chi connectivity index (χ1) is 14.8. The Kier molecular flexibility index (Phi) is 5.50. The molecule has 0 radical (unpaired) electrons. The average Bonchev–Trinajstić information content (AvgIpc) is 2.78. The standard InChI is InChI=1S/C21H20N2O6S2/c1-23(17-7-3-2-4-8-17)31(26,27)19-9-5-6-16(14-19)22-30(24,25)18-10-11-20-21(15-18)29-13-12-28-20/h2-11,14-15,22H,12-13H2,1H3. The van der Waals surface area contributed by atoms with Gasteiger partial charge in [-0.15, -0.1) is 0 Å². The number of fused-ring (bicyclic) bond motifs is 1. The van der Waals surface area contributed by atoms with E-state index < -0.39 is 20.0 Å². The van der Waals surface area contributed by atoms with Gasteiger partial charge < -0.3 is 9.47 Å². The SMILES string of the molecule is CN(c1ccccc1)S(=O)(=O)c1cccc(NS(=O)(=O)c2ccc3c(c2)OCCO3)c1. The molecule has 31 heavy (non-hydrogen) atoms. The molecular weight excluding hydrogens is 440 g/mol. The third-order valence-corrected chi connectivity index (χ3v) is 7.85. The fourth-order valence-electron chi connectivity index (χ4n) is 3.06. The van der Waals surface area contributed by atoms with E-state index in [1.54, 1.807) is 30.3 Å². The summed E-state index contributed by atoms with van der Waals surface area (Å²) in [5.41, 5.74) is 0.613. The van der Waals surface area contributed by atoms with Crippen molar-refractivity contribution in [3.8, 4) is 11.5 Å². The number of ether oxygens (including phenoxy) is 2. The van der Waals surface area contributed by atoms with Crippen LogP contribution in [0.4, 0.5) is 11.4 Å². The molecule has 10 heteroatoms. The lowest BCUT2D eigenvalue weighted by molar-refractivity contribution is 0.171. The molecule has 0 aliphatic carbocycles. The number of rotatable bonds is 6. The van der Waals surface area contributed by atoms with Gasteiger partial charge in [0, 0.05) is 13.1 Å². The lowest BCUT2D eigenvalue weighted by Crippen LogP contribution is -2.26. The Bertz CT molecular complexity index is 1310. The van der Waals surface area contributed by atoms with Gasteiger partial charge in [0.25, 0.3) is 20.0 Å². The highest BCUT2D eigenvalue weighted by molar-refractivity contribution is 7.93. The predicted molar refractivity (Wildman–Crippen MR) is 117 cm³/mol. The van der Waals surface area contributed by atoms with Crippen molar-refractivity contribution >= 4 is 31.4 Å². The highest BCUT2D eigenvalue weighted by Gasteiger charge is 2.23. The molecule has 3 aromatic carbocycles. The lowest BCUT2D eigenvalue weighted by Gasteiger charge is -2.20. The third-order valence-electron chi connectivity index (χ3n) is 4.69. The second kappa shape index (κ2) is 8.12. The van der Waals surface area contributed by atoms with Crippen LogP contribution in [-0.4, -0.2) is 37.1 Å². The second-order valence-corrected chi connectivity index (χ2v) is 10.4. The molecule has 1 aliphatic heterocycles. The zero-order valence-corrected chi connectivity index (χ0v) is 18.2. The summed E-state index contributed by atoms with van der Waals surface area (Å²) in [6, 6.07) is 18.6. The number of hydrogen-bond donors (Lipinski definition) is 1. The minimum Gasteiger partial charge on any atom is -0.486 e. The fourth-order valence-corrected chi connectivity index (χ4v) is 5.37. The van der Waals surface area contributed by atoms with Gasteiger partial charge in [-0.05, 0) is 42.5 Å². The summed E-state index contributed by atoms with van der Waals surface area (Å²) >= 11 is 0. The highest BCUT2D eigenvalue weighted by Crippen LogP contribution is 2.33. The molecule has 1 heterocycles. The monoisotopic (exact) mass is 460 g/mol. The predicted octanol–water partition coefficient (Wildman–Crippen LogP) is 3.08. The van der Waals surface area contributed by atoms with E-state index in [1.807, 2.05) is 0 Å². The van der Waals surface area contributed by atoms with Crippen molar-refractivity contribution in [2.45, 2.75) is 9.79 Å². The number of benzene rings is 3. The summed E-state index contributed by atoms with van der Waals surface area (Å²) in [7, 11) is -6.42. The number of nitrogens with one attached hydrogen (secondary N) is 1. The molecule has 1 N–H and O–H groups in total. The van der Waals surface area contributed by atoms with Crippen LogP contribution in [0.1, 0.15) is 0 Å². The van der Waals surface area contributed by atoms with Crippen LogP contribution in [0, 0.1) is 0 Å². The largest absolute Gasteiger partial charge is 0.486 e. The Morgan fingerprint density at radius 2 is 1.48 bits per heavy atom. The van der Waals surface area contributed by atoms with Gasteiger partial charge in [-0.25, -0.2) is 16.8 Å². The van der Waals surface area contributed by atoms with E-state index in [0.29, 0.717) is 30.4 Å². The van der Waals surface area contributed by atoms with Gasteiger partial charge in [-0.1, -0.05) is 24.3 Å². The zero-order chi connectivity index (χ0) is 22.1. The summed E-state index contributed by atoms with van der Waals surface area (Å²) in [4.78, 5) is -0.0624. The van der Waals surface area contributed by atoms with E-state index in [0.717, 1.165) is 4.31 Å². The summed E-state index contributed by atoms with van der Waals surface area (Å²) in [6.07, 6.45) is 0. The van der Waals surface area contributed by atoms with Crippen LogP contribution in [0.5, 0.6) is 11.5 Å². The molecule has 1 aliphatic rings. The molecule has 0 aromatic heterocycles. The molecule has 4 rings (SSSR count). The molecule has 0 fully saturated rings. The van der Waals surface area contributed by atoms with E-state index in [4.69, 9.17) is 9.47 Å². The van der Waals surface area contributed by atoms with Crippen molar-refractivity contribution in [1.82, 2.24) is 0 Å². The Balaban J connectivity index is 1.61. The van der Waals surface area contributed by atoms with Crippen LogP contribution in [-0.2, 0) is 20.0 Å². The van der Waals surface area contributed by atoms with Crippen molar-refractivity contribution in [3.05, 3.63) is 72.8 Å². The van der Waals surface area contributed by atoms with Gasteiger partial charge >= 0.3 is 0 Å². The summed E-state index contributed by atoms with van der Waals surface area (Å²) in [6.45, 7) is 0.731. The van der Waals surface area contributed by atoms with E-state index in [2.05, 4.69) is 4.72 Å². The summed E-state index contributed by atoms with van der Waals surface area (Å²) in [5.74, 6) is 0.817. The summed E-state index contributed by atoms with van der Waals surface area (Å²) in [5, 5.41) is 0. The van der Waals surface area contributed by atoms with Crippen LogP contribution in [0.25, 0.3) is 0 Å². The maximum absolute atomic E-state index is 13.0. The van der Waals surface area contributed by atoms with Crippen LogP contribution >= 0.6 is 0 Å². The maximum atomic E-state index is 13.0. The Morgan fingerprint density at radius 3 is 2.23 bits per heavy atom. The van der Waals surface area contributed by atoms with Gasteiger partial charge in [-0.2, -0.15) is 0 Å². The second-order valence-electron chi connectivity index (χ2n) is 6.75. The third kappa shape index (κ3) is 4.30. The fraction of sp³-hybridized carbons (Fsp3) is 0.143. The molecule has 0 bridgehead atoms.